The number of carbonyl (C=O) groups excluding carboxylic acids is 3. The minimum atomic E-state index is -0.739. The van der Waals surface area contributed by atoms with E-state index in [0.29, 0.717) is 33.5 Å². The van der Waals surface area contributed by atoms with Gasteiger partial charge >= 0.3 is 0 Å². The molecular weight excluding hydrogens is 753 g/mol. The van der Waals surface area contributed by atoms with Crippen LogP contribution in [0.4, 0.5) is 4.39 Å². The van der Waals surface area contributed by atoms with Crippen LogP contribution in [0.3, 0.4) is 0 Å². The SMILES string of the molecule is C=C/C=C\C(=C/C)N1C(=O)/C(=C/c2cc(Br)c(OCc3cccc(F)c3)c(CC=C)c2)C(=O)N=C1SCC(=O)NC(c1ccccc1)c1ccccc1. The van der Waals surface area contributed by atoms with Crippen molar-refractivity contribution >= 4 is 56.7 Å². The third-order valence-corrected chi connectivity index (χ3v) is 9.53. The Labute approximate surface area is 321 Å². The van der Waals surface area contributed by atoms with Gasteiger partial charge in [0.2, 0.25) is 5.91 Å². The van der Waals surface area contributed by atoms with Crippen molar-refractivity contribution in [1.82, 2.24) is 10.2 Å². The Balaban J connectivity index is 1.42. The standard InChI is InChI=1S/C43H37BrFN3O4S/c1-4-7-22-35(6-3)48-42(51)36(25-30-23-33(15-5-2)40(37(44)26-30)52-27-29-16-14-21-34(45)24-29)41(50)47-43(48)53-28-38(49)46-39(31-17-10-8-11-18-31)32-19-12-9-13-20-32/h4-14,16-26,39H,1-2,15,27-28H2,3H3,(H,46,49)/b22-7-,35-6+,36-25+. The van der Waals surface area contributed by atoms with Crippen LogP contribution in [0.15, 0.2) is 161 Å². The minimum Gasteiger partial charge on any atom is -0.487 e. The van der Waals surface area contributed by atoms with Crippen LogP contribution < -0.4 is 10.1 Å². The minimum absolute atomic E-state index is 0.0692. The molecule has 0 unspecified atom stereocenters. The maximum Gasteiger partial charge on any atom is 0.285 e. The highest BCUT2D eigenvalue weighted by Gasteiger charge is 2.35. The van der Waals surface area contributed by atoms with Gasteiger partial charge in [-0.05, 0) is 93.5 Å². The molecule has 10 heteroatoms. The second kappa shape index (κ2) is 18.8. The predicted octanol–water partition coefficient (Wildman–Crippen LogP) is 9.29. The van der Waals surface area contributed by atoms with E-state index in [4.69, 9.17) is 4.74 Å². The van der Waals surface area contributed by atoms with Crippen molar-refractivity contribution in [2.45, 2.75) is 26.0 Å². The number of carbonyl (C=O) groups is 3. The Morgan fingerprint density at radius 1 is 1.00 bits per heavy atom. The van der Waals surface area contributed by atoms with Crippen molar-refractivity contribution in [2.75, 3.05) is 5.75 Å². The van der Waals surface area contributed by atoms with E-state index in [1.165, 1.54) is 23.1 Å². The van der Waals surface area contributed by atoms with Gasteiger partial charge in [0, 0.05) is 5.70 Å². The highest BCUT2D eigenvalue weighted by Crippen LogP contribution is 2.34. The fourth-order valence-electron chi connectivity index (χ4n) is 5.57. The molecule has 0 spiro atoms. The van der Waals surface area contributed by atoms with Crippen LogP contribution >= 0.6 is 27.7 Å². The maximum absolute atomic E-state index is 14.2. The third-order valence-electron chi connectivity index (χ3n) is 8.00. The van der Waals surface area contributed by atoms with Gasteiger partial charge in [-0.2, -0.15) is 4.99 Å². The number of aliphatic imine (C=N–C) groups is 1. The number of thioether (sulfide) groups is 1. The molecule has 1 aliphatic heterocycles. The summed E-state index contributed by atoms with van der Waals surface area (Å²) >= 11 is 4.57. The molecule has 0 aromatic heterocycles. The van der Waals surface area contributed by atoms with E-state index in [2.05, 4.69) is 39.4 Å². The summed E-state index contributed by atoms with van der Waals surface area (Å²) < 4.78 is 20.4. The number of ether oxygens (including phenoxy) is 1. The van der Waals surface area contributed by atoms with Gasteiger partial charge < -0.3 is 10.1 Å². The second-order valence-electron chi connectivity index (χ2n) is 11.7. The molecule has 4 aromatic carbocycles. The molecule has 1 aliphatic rings. The fourth-order valence-corrected chi connectivity index (χ4v) is 7.01. The first kappa shape index (κ1) is 38.6. The van der Waals surface area contributed by atoms with Crippen LogP contribution in [0.5, 0.6) is 5.75 Å². The van der Waals surface area contributed by atoms with E-state index in [9.17, 15) is 18.8 Å². The highest BCUT2D eigenvalue weighted by atomic mass is 79.9. The van der Waals surface area contributed by atoms with E-state index in [1.807, 2.05) is 60.7 Å². The second-order valence-corrected chi connectivity index (χ2v) is 13.5. The summed E-state index contributed by atoms with van der Waals surface area (Å²) in [7, 11) is 0. The molecule has 7 nitrogen and oxygen atoms in total. The van der Waals surface area contributed by atoms with Gasteiger partial charge in [-0.3, -0.25) is 19.3 Å². The van der Waals surface area contributed by atoms with Gasteiger partial charge in [0.05, 0.1) is 16.3 Å². The lowest BCUT2D eigenvalue weighted by atomic mass is 9.99. The van der Waals surface area contributed by atoms with Gasteiger partial charge in [-0.1, -0.05) is 115 Å². The van der Waals surface area contributed by atoms with Gasteiger partial charge in [0.25, 0.3) is 11.8 Å². The Morgan fingerprint density at radius 2 is 1.70 bits per heavy atom. The van der Waals surface area contributed by atoms with Gasteiger partial charge in [0.15, 0.2) is 5.17 Å². The number of amidine groups is 1. The summed E-state index contributed by atoms with van der Waals surface area (Å²) in [5.41, 5.74) is 4.05. The lowest BCUT2D eigenvalue weighted by molar-refractivity contribution is -0.126. The maximum atomic E-state index is 14.2. The molecule has 0 bridgehead atoms. The summed E-state index contributed by atoms with van der Waals surface area (Å²) in [6, 6.07) is 28.5. The van der Waals surface area contributed by atoms with E-state index in [1.54, 1.807) is 61.6 Å². The molecule has 1 heterocycles. The largest absolute Gasteiger partial charge is 0.487 e. The smallest absolute Gasteiger partial charge is 0.285 e. The fraction of sp³-hybridized carbons (Fsp3) is 0.116. The molecule has 0 fully saturated rings. The van der Waals surface area contributed by atoms with Crippen LogP contribution in [-0.2, 0) is 27.4 Å². The molecule has 1 N–H and O–H groups in total. The topological polar surface area (TPSA) is 88.1 Å². The van der Waals surface area contributed by atoms with Gasteiger partial charge in [0.1, 0.15) is 23.7 Å². The van der Waals surface area contributed by atoms with Crippen LogP contribution in [0.1, 0.15) is 40.8 Å². The normalized spacial score (nSPS) is 14.1. The lowest BCUT2D eigenvalue weighted by Gasteiger charge is -2.28. The third kappa shape index (κ3) is 10.1. The summed E-state index contributed by atoms with van der Waals surface area (Å²) in [6.07, 6.45) is 10.3. The molecule has 0 aliphatic carbocycles. The average Bonchev–Trinajstić information content (AvgIpc) is 3.16. The molecule has 268 valence electrons. The Kier molecular flexibility index (Phi) is 13.7. The van der Waals surface area contributed by atoms with Crippen molar-refractivity contribution in [3.05, 3.63) is 190 Å². The number of hydrogen-bond donors (Lipinski definition) is 1. The highest BCUT2D eigenvalue weighted by molar-refractivity contribution is 9.10. The molecule has 4 aromatic rings. The number of allylic oxidation sites excluding steroid dienone is 5. The molecule has 5 rings (SSSR count). The zero-order valence-corrected chi connectivity index (χ0v) is 31.4. The van der Waals surface area contributed by atoms with Crippen LogP contribution in [0.2, 0.25) is 0 Å². The monoisotopic (exact) mass is 789 g/mol. The van der Waals surface area contributed by atoms with Crippen LogP contribution in [0, 0.1) is 5.82 Å². The first-order valence-electron chi connectivity index (χ1n) is 16.7. The summed E-state index contributed by atoms with van der Waals surface area (Å²) in [5, 5.41) is 3.17. The first-order valence-corrected chi connectivity index (χ1v) is 18.5. The lowest BCUT2D eigenvalue weighted by Crippen LogP contribution is -2.42. The molecule has 3 amide bonds. The summed E-state index contributed by atoms with van der Waals surface area (Å²) in [5.74, 6) is -1.59. The zero-order valence-electron chi connectivity index (χ0n) is 29.0. The van der Waals surface area contributed by atoms with E-state index in [0.717, 1.165) is 28.5 Å². The van der Waals surface area contributed by atoms with Crippen LogP contribution in [-0.4, -0.2) is 33.5 Å². The number of rotatable bonds is 14. The van der Waals surface area contributed by atoms with E-state index >= 15 is 0 Å². The Hall–Kier alpha value is -5.58. The van der Waals surface area contributed by atoms with Gasteiger partial charge in [-0.25, -0.2) is 4.39 Å². The molecule has 0 saturated heterocycles. The van der Waals surface area contributed by atoms with Crippen molar-refractivity contribution < 1.29 is 23.5 Å². The summed E-state index contributed by atoms with van der Waals surface area (Å²) in [4.78, 5) is 46.9. The molecule has 53 heavy (non-hydrogen) atoms. The number of benzene rings is 4. The van der Waals surface area contributed by atoms with Crippen molar-refractivity contribution in [1.29, 1.82) is 0 Å². The van der Waals surface area contributed by atoms with Crippen molar-refractivity contribution in [3.63, 3.8) is 0 Å². The zero-order chi connectivity index (χ0) is 37.7. The number of amides is 3. The Bertz CT molecular complexity index is 2090. The average molecular weight is 791 g/mol. The number of hydrogen-bond acceptors (Lipinski definition) is 5. The number of nitrogens with zero attached hydrogens (tertiary/aromatic N) is 2. The van der Waals surface area contributed by atoms with Crippen molar-refractivity contribution in [2.24, 2.45) is 4.99 Å². The Morgan fingerprint density at radius 3 is 2.32 bits per heavy atom. The summed E-state index contributed by atoms with van der Waals surface area (Å²) in [6.45, 7) is 9.48. The van der Waals surface area contributed by atoms with E-state index < -0.39 is 17.9 Å². The number of halogens is 2. The number of nitrogens with one attached hydrogen (secondary N) is 1. The van der Waals surface area contributed by atoms with E-state index in [-0.39, 0.29) is 34.8 Å². The molecule has 0 saturated carbocycles. The predicted molar refractivity (Wildman–Crippen MR) is 214 cm³/mol. The molecular formula is C43H37BrFN3O4S. The van der Waals surface area contributed by atoms with Crippen molar-refractivity contribution in [3.8, 4) is 5.75 Å². The molecule has 0 radical (unpaired) electrons. The first-order chi connectivity index (χ1) is 25.7. The van der Waals surface area contributed by atoms with Gasteiger partial charge in [-0.15, -0.1) is 6.58 Å². The quantitative estimate of drug-likeness (QED) is 0.0596. The molecule has 0 atom stereocenters. The van der Waals surface area contributed by atoms with Crippen LogP contribution in [0.25, 0.3) is 6.08 Å².